The summed E-state index contributed by atoms with van der Waals surface area (Å²) in [6.07, 6.45) is 0. The van der Waals surface area contributed by atoms with E-state index in [-0.39, 0.29) is 17.1 Å². The predicted octanol–water partition coefficient (Wildman–Crippen LogP) is -0.0223. The van der Waals surface area contributed by atoms with E-state index in [9.17, 15) is 4.53 Å². The van der Waals surface area contributed by atoms with Crippen LogP contribution in [-0.4, -0.2) is 9.79 Å². The Morgan fingerprint density at radius 1 is 1.57 bits per heavy atom. The summed E-state index contributed by atoms with van der Waals surface area (Å²) in [7, 11) is -4.81. The fourth-order valence-corrected chi connectivity index (χ4v) is 0. The Morgan fingerprint density at radius 3 is 1.71 bits per heavy atom. The SMILES string of the molecule is O=P(O)(O)OF.[Cu]. The van der Waals surface area contributed by atoms with Crippen LogP contribution in [-0.2, 0) is 26.4 Å². The molecule has 0 aromatic rings. The van der Waals surface area contributed by atoms with Crippen molar-refractivity contribution in [1.29, 1.82) is 0 Å². The summed E-state index contributed by atoms with van der Waals surface area (Å²) in [6.45, 7) is 0. The minimum absolute atomic E-state index is 0. The van der Waals surface area contributed by atoms with E-state index in [4.69, 9.17) is 14.4 Å². The maximum atomic E-state index is 10.2. The second kappa shape index (κ2) is 3.55. The van der Waals surface area contributed by atoms with E-state index in [2.05, 4.69) is 4.73 Å². The zero-order valence-electron chi connectivity index (χ0n) is 2.84. The van der Waals surface area contributed by atoms with Crippen molar-refractivity contribution in [1.82, 2.24) is 0 Å². The molecule has 0 spiro atoms. The molecule has 0 heterocycles. The molecule has 0 unspecified atom stereocenters. The number of hydrogen-bond donors (Lipinski definition) is 2. The van der Waals surface area contributed by atoms with Gasteiger partial charge in [-0.1, -0.05) is 4.73 Å². The van der Waals surface area contributed by atoms with Gasteiger partial charge in [0.05, 0.1) is 0 Å². The van der Waals surface area contributed by atoms with Crippen molar-refractivity contribution in [2.45, 2.75) is 0 Å². The van der Waals surface area contributed by atoms with Crippen LogP contribution in [0.1, 0.15) is 0 Å². The molecule has 0 aromatic carbocycles. The molecule has 49 valence electrons. The molecule has 4 nitrogen and oxygen atoms in total. The topological polar surface area (TPSA) is 66.8 Å². The van der Waals surface area contributed by atoms with Gasteiger partial charge in [-0.3, -0.25) is 0 Å². The molecule has 0 aromatic heterocycles. The maximum Gasteiger partial charge on any atom is 0.500 e. The summed E-state index contributed by atoms with van der Waals surface area (Å²) in [6, 6.07) is 0. The molecule has 7 heteroatoms. The van der Waals surface area contributed by atoms with Gasteiger partial charge in [-0.15, -0.1) is 0 Å². The van der Waals surface area contributed by atoms with Gasteiger partial charge in [0.1, 0.15) is 0 Å². The zero-order valence-corrected chi connectivity index (χ0v) is 4.67. The molecule has 0 bridgehead atoms. The van der Waals surface area contributed by atoms with Crippen LogP contribution in [0.25, 0.3) is 0 Å². The summed E-state index contributed by atoms with van der Waals surface area (Å²) in [4.78, 5) is 14.7. The van der Waals surface area contributed by atoms with Crippen LogP contribution in [0, 0.1) is 0 Å². The van der Waals surface area contributed by atoms with Gasteiger partial charge in [-0.05, 0) is 4.53 Å². The number of halogens is 1. The van der Waals surface area contributed by atoms with Crippen molar-refractivity contribution >= 4 is 7.82 Å². The zero-order chi connectivity index (χ0) is 5.21. The van der Waals surface area contributed by atoms with E-state index in [1.807, 2.05) is 0 Å². The summed E-state index contributed by atoms with van der Waals surface area (Å²) in [5.41, 5.74) is 0. The van der Waals surface area contributed by atoms with Gasteiger partial charge in [0.25, 0.3) is 0 Å². The van der Waals surface area contributed by atoms with E-state index in [1.54, 1.807) is 0 Å². The van der Waals surface area contributed by atoms with Crippen molar-refractivity contribution in [2.24, 2.45) is 0 Å². The first kappa shape index (κ1) is 10.5. The van der Waals surface area contributed by atoms with Gasteiger partial charge < -0.3 is 9.79 Å². The Labute approximate surface area is 49.3 Å². The predicted molar refractivity (Wildman–Crippen MR) is 14.2 cm³/mol. The smallest absolute Gasteiger partial charge is 0.301 e. The molecule has 0 aliphatic rings. The van der Waals surface area contributed by atoms with Crippen molar-refractivity contribution < 1.29 is 40.7 Å². The minimum atomic E-state index is -4.81. The number of phosphoric acid groups is 1. The van der Waals surface area contributed by atoms with Crippen LogP contribution in [0.2, 0.25) is 0 Å². The molecule has 0 rings (SSSR count). The Morgan fingerprint density at radius 2 is 1.71 bits per heavy atom. The van der Waals surface area contributed by atoms with Gasteiger partial charge in [-0.25, -0.2) is 4.57 Å². The molecule has 0 aliphatic carbocycles. The van der Waals surface area contributed by atoms with Crippen LogP contribution in [0.15, 0.2) is 0 Å². The molecule has 1 radical (unpaired) electrons. The van der Waals surface area contributed by atoms with Crippen molar-refractivity contribution in [3.8, 4) is 0 Å². The first-order valence-electron chi connectivity index (χ1n) is 0.919. The van der Waals surface area contributed by atoms with Gasteiger partial charge in [0.2, 0.25) is 0 Å². The molecule has 7 heavy (non-hydrogen) atoms. The molecule has 2 N–H and O–H groups in total. The molecule has 0 saturated carbocycles. The third-order valence-electron chi connectivity index (χ3n) is 0.0899. The minimum Gasteiger partial charge on any atom is -0.301 e. The molecule has 0 saturated heterocycles. The van der Waals surface area contributed by atoms with E-state index in [0.29, 0.717) is 0 Å². The first-order chi connectivity index (χ1) is 2.56. The summed E-state index contributed by atoms with van der Waals surface area (Å²) >= 11 is 0. The Kier molecular flexibility index (Phi) is 5.33. The number of hydrogen-bond acceptors (Lipinski definition) is 2. The van der Waals surface area contributed by atoms with E-state index >= 15 is 0 Å². The molecule has 0 atom stereocenters. The third kappa shape index (κ3) is 10.8. The quantitative estimate of drug-likeness (QED) is 0.439. The fraction of sp³-hybridized carbons (Fsp3) is 0. The molecule has 0 amide bonds. The molecular weight excluding hydrogens is 178 g/mol. The van der Waals surface area contributed by atoms with E-state index < -0.39 is 7.82 Å². The molecule has 0 fully saturated rings. The van der Waals surface area contributed by atoms with Crippen LogP contribution in [0.5, 0.6) is 0 Å². The summed E-state index contributed by atoms with van der Waals surface area (Å²) in [5, 5.41) is 0. The average Bonchev–Trinajstić information content (AvgIpc) is 1.35. The maximum absolute atomic E-state index is 10.2. The average molecular weight is 180 g/mol. The monoisotopic (exact) mass is 179 g/mol. The van der Waals surface area contributed by atoms with Crippen LogP contribution >= 0.6 is 7.82 Å². The normalized spacial score (nSPS) is 10.1. The second-order valence-electron chi connectivity index (χ2n) is 0.560. The second-order valence-corrected chi connectivity index (χ2v) is 1.68. The molecule has 0 aliphatic heterocycles. The van der Waals surface area contributed by atoms with Crippen molar-refractivity contribution in [3.05, 3.63) is 0 Å². The Bertz CT molecular complexity index is 75.8. The third-order valence-corrected chi connectivity index (χ3v) is 0.270. The van der Waals surface area contributed by atoms with Crippen molar-refractivity contribution in [3.63, 3.8) is 0 Å². The fourth-order valence-electron chi connectivity index (χ4n) is 0. The standard InChI is InChI=1S/Cu.FH2O4P/c;1-5-6(2,3)4/h;(H2,2,3,4). The van der Waals surface area contributed by atoms with Crippen LogP contribution in [0.3, 0.4) is 0 Å². The number of rotatable bonds is 1. The van der Waals surface area contributed by atoms with E-state index in [0.717, 1.165) is 0 Å². The van der Waals surface area contributed by atoms with Gasteiger partial charge in [-0.2, -0.15) is 0 Å². The summed E-state index contributed by atoms with van der Waals surface area (Å²) in [5.74, 6) is 0. The molecular formula is H2CuFO4P. The first-order valence-corrected chi connectivity index (χ1v) is 2.45. The van der Waals surface area contributed by atoms with Crippen LogP contribution < -0.4 is 0 Å². The van der Waals surface area contributed by atoms with Gasteiger partial charge >= 0.3 is 7.82 Å². The Hall–Kier alpha value is 0.559. The van der Waals surface area contributed by atoms with Gasteiger partial charge in [0, 0.05) is 17.1 Å². The summed E-state index contributed by atoms with van der Waals surface area (Å²) < 4.78 is 21.4. The van der Waals surface area contributed by atoms with Gasteiger partial charge in [0.15, 0.2) is 0 Å². The Balaban J connectivity index is 0. The van der Waals surface area contributed by atoms with Crippen molar-refractivity contribution in [2.75, 3.05) is 0 Å². The largest absolute Gasteiger partial charge is 0.500 e. The van der Waals surface area contributed by atoms with Crippen LogP contribution in [0.4, 0.5) is 4.53 Å². The van der Waals surface area contributed by atoms with E-state index in [1.165, 1.54) is 0 Å².